The van der Waals surface area contributed by atoms with Crippen LogP contribution in [-0.4, -0.2) is 37.0 Å². The molecule has 0 spiro atoms. The minimum Gasteiger partial charge on any atom is -0.508 e. The van der Waals surface area contributed by atoms with E-state index >= 15 is 0 Å². The number of aliphatic carboxylic acids is 1. The summed E-state index contributed by atoms with van der Waals surface area (Å²) in [6.07, 6.45) is 1.48. The number of ether oxygens (including phenoxy) is 3. The van der Waals surface area contributed by atoms with E-state index in [0.29, 0.717) is 35.0 Å². The molecule has 0 aliphatic heterocycles. The zero-order chi connectivity index (χ0) is 18.4. The zero-order valence-corrected chi connectivity index (χ0v) is 14.3. The van der Waals surface area contributed by atoms with E-state index in [1.165, 1.54) is 32.4 Å². The fourth-order valence-electron chi connectivity index (χ4n) is 2.38. The number of carboxylic acids is 1. The Morgan fingerprint density at radius 2 is 1.76 bits per heavy atom. The number of phenols is 1. The van der Waals surface area contributed by atoms with Crippen molar-refractivity contribution in [1.29, 1.82) is 0 Å². The van der Waals surface area contributed by atoms with Crippen molar-refractivity contribution in [3.8, 4) is 23.0 Å². The monoisotopic (exact) mass is 344 g/mol. The highest BCUT2D eigenvalue weighted by Gasteiger charge is 2.16. The van der Waals surface area contributed by atoms with E-state index in [-0.39, 0.29) is 11.3 Å². The smallest absolute Gasteiger partial charge is 0.336 e. The van der Waals surface area contributed by atoms with Gasteiger partial charge in [-0.3, -0.25) is 0 Å². The summed E-state index contributed by atoms with van der Waals surface area (Å²) in [5, 5.41) is 19.1. The predicted octanol–water partition coefficient (Wildman–Crippen LogP) is 3.43. The zero-order valence-electron chi connectivity index (χ0n) is 14.3. The Bertz CT molecular complexity index is 769. The van der Waals surface area contributed by atoms with E-state index in [9.17, 15) is 15.0 Å². The molecule has 0 aliphatic carbocycles. The second kappa shape index (κ2) is 8.10. The molecular formula is C19H20O6. The molecule has 0 radical (unpaired) electrons. The minimum absolute atomic E-state index is 0.00787. The number of benzene rings is 2. The second-order valence-electron chi connectivity index (χ2n) is 5.10. The van der Waals surface area contributed by atoms with E-state index in [2.05, 4.69) is 0 Å². The number of carbonyl (C=O) groups is 1. The summed E-state index contributed by atoms with van der Waals surface area (Å²) in [4.78, 5) is 11.7. The van der Waals surface area contributed by atoms with Crippen molar-refractivity contribution in [1.82, 2.24) is 0 Å². The third-order valence-electron chi connectivity index (χ3n) is 3.47. The second-order valence-corrected chi connectivity index (χ2v) is 5.10. The van der Waals surface area contributed by atoms with Gasteiger partial charge >= 0.3 is 5.97 Å². The molecule has 6 nitrogen and oxygen atoms in total. The van der Waals surface area contributed by atoms with Crippen LogP contribution in [0.1, 0.15) is 18.1 Å². The van der Waals surface area contributed by atoms with Crippen LogP contribution in [0.2, 0.25) is 0 Å². The Morgan fingerprint density at radius 1 is 1.12 bits per heavy atom. The number of aromatic hydroxyl groups is 1. The van der Waals surface area contributed by atoms with E-state index in [0.717, 1.165) is 0 Å². The molecule has 25 heavy (non-hydrogen) atoms. The topological polar surface area (TPSA) is 85.2 Å². The van der Waals surface area contributed by atoms with Crippen molar-refractivity contribution in [2.45, 2.75) is 6.92 Å². The summed E-state index contributed by atoms with van der Waals surface area (Å²) >= 11 is 0. The van der Waals surface area contributed by atoms with Crippen molar-refractivity contribution in [3.63, 3.8) is 0 Å². The van der Waals surface area contributed by atoms with Gasteiger partial charge < -0.3 is 24.4 Å². The van der Waals surface area contributed by atoms with Gasteiger partial charge in [-0.2, -0.15) is 0 Å². The van der Waals surface area contributed by atoms with Crippen LogP contribution in [0.4, 0.5) is 0 Å². The van der Waals surface area contributed by atoms with Gasteiger partial charge in [-0.25, -0.2) is 4.79 Å². The van der Waals surface area contributed by atoms with Crippen molar-refractivity contribution in [2.24, 2.45) is 0 Å². The van der Waals surface area contributed by atoms with Crippen LogP contribution >= 0.6 is 0 Å². The van der Waals surface area contributed by atoms with Crippen LogP contribution in [-0.2, 0) is 4.79 Å². The number of methoxy groups -OCH3 is 2. The number of hydrogen-bond donors (Lipinski definition) is 2. The molecule has 0 fully saturated rings. The molecule has 0 aromatic heterocycles. The van der Waals surface area contributed by atoms with Gasteiger partial charge in [0.05, 0.1) is 26.4 Å². The Morgan fingerprint density at radius 3 is 2.24 bits per heavy atom. The van der Waals surface area contributed by atoms with Gasteiger partial charge in [0.15, 0.2) is 11.5 Å². The van der Waals surface area contributed by atoms with Crippen molar-refractivity contribution < 1.29 is 29.2 Å². The average Bonchev–Trinajstić information content (AvgIpc) is 2.60. The summed E-state index contributed by atoms with van der Waals surface area (Å²) < 4.78 is 16.2. The van der Waals surface area contributed by atoms with Crippen molar-refractivity contribution >= 4 is 17.6 Å². The standard InChI is InChI=1S/C19H20O6/c1-4-25-18-16(23-2)9-12(10-17(18)24-3)8-15(19(21)22)13-6-5-7-14(20)11-13/h5-11,20H,4H2,1-3H3,(H,21,22)/b15-8-. The SMILES string of the molecule is CCOc1c(OC)cc(/C=C(\C(=O)O)c2cccc(O)c2)cc1OC. The molecular weight excluding hydrogens is 324 g/mol. The highest BCUT2D eigenvalue weighted by molar-refractivity contribution is 6.20. The Hall–Kier alpha value is -3.15. The Kier molecular flexibility index (Phi) is 5.89. The maximum atomic E-state index is 11.7. The van der Waals surface area contributed by atoms with Crippen molar-refractivity contribution in [2.75, 3.05) is 20.8 Å². The van der Waals surface area contributed by atoms with Gasteiger partial charge in [-0.15, -0.1) is 0 Å². The third-order valence-corrected chi connectivity index (χ3v) is 3.47. The normalized spacial score (nSPS) is 11.1. The van der Waals surface area contributed by atoms with Crippen LogP contribution in [0.3, 0.4) is 0 Å². The molecule has 2 N–H and O–H groups in total. The molecule has 2 rings (SSSR count). The number of rotatable bonds is 7. The number of phenolic OH excluding ortho intramolecular Hbond substituents is 1. The lowest BCUT2D eigenvalue weighted by Gasteiger charge is -2.14. The lowest BCUT2D eigenvalue weighted by Crippen LogP contribution is -2.01. The first-order chi connectivity index (χ1) is 12.0. The van der Waals surface area contributed by atoms with Crippen LogP contribution in [0.15, 0.2) is 36.4 Å². The summed E-state index contributed by atoms with van der Waals surface area (Å²) in [5.74, 6) is 0.212. The molecule has 0 bridgehead atoms. The molecule has 0 aliphatic rings. The highest BCUT2D eigenvalue weighted by atomic mass is 16.5. The van der Waals surface area contributed by atoms with Crippen LogP contribution in [0, 0.1) is 0 Å². The first-order valence-corrected chi connectivity index (χ1v) is 7.63. The number of hydrogen-bond acceptors (Lipinski definition) is 5. The van der Waals surface area contributed by atoms with Crippen LogP contribution in [0.25, 0.3) is 11.6 Å². The first kappa shape index (κ1) is 18.2. The maximum Gasteiger partial charge on any atom is 0.336 e. The van der Waals surface area contributed by atoms with Crippen LogP contribution < -0.4 is 14.2 Å². The molecule has 0 heterocycles. The predicted molar refractivity (Wildman–Crippen MR) is 94.3 cm³/mol. The quantitative estimate of drug-likeness (QED) is 0.591. The molecule has 0 saturated carbocycles. The summed E-state index contributed by atoms with van der Waals surface area (Å²) in [6, 6.07) is 9.40. The fourth-order valence-corrected chi connectivity index (χ4v) is 2.38. The van der Waals surface area contributed by atoms with Gasteiger partial charge in [0, 0.05) is 0 Å². The first-order valence-electron chi connectivity index (χ1n) is 7.63. The largest absolute Gasteiger partial charge is 0.508 e. The Labute approximate surface area is 145 Å². The molecule has 0 amide bonds. The van der Waals surface area contributed by atoms with Crippen molar-refractivity contribution in [3.05, 3.63) is 47.5 Å². The summed E-state index contributed by atoms with van der Waals surface area (Å²) in [5.41, 5.74) is 0.987. The molecule has 0 atom stereocenters. The fraction of sp³-hybridized carbons (Fsp3) is 0.211. The molecule has 2 aromatic rings. The average molecular weight is 344 g/mol. The lowest BCUT2D eigenvalue weighted by atomic mass is 10.0. The van der Waals surface area contributed by atoms with Gasteiger partial charge in [0.25, 0.3) is 0 Å². The van der Waals surface area contributed by atoms with Crippen LogP contribution in [0.5, 0.6) is 23.0 Å². The van der Waals surface area contributed by atoms with E-state index in [4.69, 9.17) is 14.2 Å². The molecule has 6 heteroatoms. The number of carboxylic acid groups (broad SMARTS) is 1. The molecule has 2 aromatic carbocycles. The van der Waals surface area contributed by atoms with E-state index in [1.54, 1.807) is 24.3 Å². The minimum atomic E-state index is -1.11. The highest BCUT2D eigenvalue weighted by Crippen LogP contribution is 2.39. The summed E-state index contributed by atoms with van der Waals surface area (Å²) in [7, 11) is 3.00. The molecule has 0 saturated heterocycles. The van der Waals surface area contributed by atoms with Gasteiger partial charge in [0.1, 0.15) is 5.75 Å². The molecule has 0 unspecified atom stereocenters. The van der Waals surface area contributed by atoms with Gasteiger partial charge in [-0.1, -0.05) is 12.1 Å². The van der Waals surface area contributed by atoms with E-state index < -0.39 is 5.97 Å². The van der Waals surface area contributed by atoms with Gasteiger partial charge in [-0.05, 0) is 48.4 Å². The molecule has 132 valence electrons. The Balaban J connectivity index is 2.58. The van der Waals surface area contributed by atoms with Gasteiger partial charge in [0.2, 0.25) is 5.75 Å². The maximum absolute atomic E-state index is 11.7. The lowest BCUT2D eigenvalue weighted by molar-refractivity contribution is -0.130. The summed E-state index contributed by atoms with van der Waals surface area (Å²) in [6.45, 7) is 2.28. The van der Waals surface area contributed by atoms with E-state index in [1.807, 2.05) is 6.92 Å². The third kappa shape index (κ3) is 4.23.